The lowest BCUT2D eigenvalue weighted by atomic mass is 9.76. The fourth-order valence-corrected chi connectivity index (χ4v) is 11.0. The molecule has 1 saturated heterocycles. The van der Waals surface area contributed by atoms with Gasteiger partial charge in [-0.3, -0.25) is 0 Å². The van der Waals surface area contributed by atoms with E-state index in [1.807, 2.05) is 91.4 Å². The molecular weight excluding hydrogens is 941 g/mol. The predicted molar refractivity (Wildman–Crippen MR) is 280 cm³/mol. The molecule has 0 radical (unpaired) electrons. The van der Waals surface area contributed by atoms with Gasteiger partial charge >= 0.3 is 0 Å². The van der Waals surface area contributed by atoms with Crippen LogP contribution >= 0.6 is 0 Å². The minimum atomic E-state index is -3.88. The van der Waals surface area contributed by atoms with Gasteiger partial charge in [-0.15, -0.1) is 0 Å². The summed E-state index contributed by atoms with van der Waals surface area (Å²) in [5.74, 6) is 0.756. The highest BCUT2D eigenvalue weighted by atomic mass is 32.2. The van der Waals surface area contributed by atoms with Crippen LogP contribution in [0.2, 0.25) is 0 Å². The topological polar surface area (TPSA) is 161 Å². The summed E-state index contributed by atoms with van der Waals surface area (Å²) >= 11 is 0. The van der Waals surface area contributed by atoms with E-state index in [1.165, 1.54) is 3.97 Å². The number of nitrogens with zero attached hydrogens (tertiary/aromatic N) is 6. The second-order valence-corrected chi connectivity index (χ2v) is 19.7. The fraction of sp³-hybridized carbons (Fsp3) is 0.293. The van der Waals surface area contributed by atoms with Crippen LogP contribution in [0.1, 0.15) is 59.2 Å². The zero-order chi connectivity index (χ0) is 50.3. The zero-order valence-electron chi connectivity index (χ0n) is 40.8. The van der Waals surface area contributed by atoms with Gasteiger partial charge in [0, 0.05) is 42.3 Å². The van der Waals surface area contributed by atoms with E-state index in [2.05, 4.69) is 75.3 Å². The van der Waals surface area contributed by atoms with Crippen molar-refractivity contribution in [1.82, 2.24) is 13.5 Å². The summed E-state index contributed by atoms with van der Waals surface area (Å²) in [6, 6.07) is 54.9. The van der Waals surface area contributed by atoms with Crippen molar-refractivity contribution in [2.45, 2.75) is 80.4 Å². The minimum absolute atomic E-state index is 0.135. The van der Waals surface area contributed by atoms with E-state index in [-0.39, 0.29) is 24.7 Å². The Kier molecular flexibility index (Phi) is 17.1. The van der Waals surface area contributed by atoms with E-state index in [1.54, 1.807) is 43.6 Å². The highest BCUT2D eigenvalue weighted by molar-refractivity contribution is 7.90. The van der Waals surface area contributed by atoms with E-state index in [9.17, 15) is 8.42 Å². The Balaban J connectivity index is 0.997. The average molecular weight is 1000 g/mol. The van der Waals surface area contributed by atoms with Crippen LogP contribution in [0.3, 0.4) is 0 Å². The van der Waals surface area contributed by atoms with Gasteiger partial charge in [-0.2, -0.15) is 0 Å². The van der Waals surface area contributed by atoms with Crippen LogP contribution < -0.4 is 4.74 Å². The van der Waals surface area contributed by atoms with Crippen LogP contribution in [-0.2, 0) is 58.9 Å². The van der Waals surface area contributed by atoms with Gasteiger partial charge in [0.15, 0.2) is 6.29 Å². The van der Waals surface area contributed by atoms with Crippen LogP contribution in [0.4, 0.5) is 0 Å². The summed E-state index contributed by atoms with van der Waals surface area (Å²) < 4.78 is 70.3. The van der Waals surface area contributed by atoms with Gasteiger partial charge in [-0.25, -0.2) is 17.4 Å². The van der Waals surface area contributed by atoms with Crippen LogP contribution in [0, 0.1) is 0 Å². The third-order valence-electron chi connectivity index (χ3n) is 13.3. The van der Waals surface area contributed by atoms with Gasteiger partial charge in [-0.05, 0) is 82.9 Å². The van der Waals surface area contributed by atoms with E-state index in [0.29, 0.717) is 43.8 Å². The Morgan fingerprint density at radius 3 is 2.05 bits per heavy atom. The maximum absolute atomic E-state index is 14.0. The first-order chi connectivity index (χ1) is 35.9. The average Bonchev–Trinajstić information content (AvgIpc) is 4.08. The molecule has 0 spiro atoms. The van der Waals surface area contributed by atoms with Crippen molar-refractivity contribution < 1.29 is 36.8 Å². The highest BCUT2D eigenvalue weighted by Crippen LogP contribution is 2.42. The number of methoxy groups -OCH3 is 1. The van der Waals surface area contributed by atoms with Crippen molar-refractivity contribution in [3.8, 4) is 5.75 Å². The standard InChI is InChI=1S/C58H60N6O8S/c1-67-50-31-29-48(30-32-50)58(46-21-9-3-10-22-46,47-23-11-4-12-24-47)63-39-49(60-43-63)41-71-55-37-54(70-40-44-19-7-2-8-20-44)56(42-68-35-18-6-17-34-61-62-59)72-57(55)69-36-33-45-38-64(53-28-16-15-27-52(45)53)73(65,66)51-25-13-5-14-26-51/h2-5,7-16,19-32,38-39,43,54-57H,6,17-18,33-37,40-42H2,1H3/t54-,55+,56+,57+/m0/s1. The predicted octanol–water partition coefficient (Wildman–Crippen LogP) is 11.3. The molecule has 9 rings (SSSR count). The number of imidazole rings is 1. The van der Waals surface area contributed by atoms with Crippen molar-refractivity contribution in [3.05, 3.63) is 233 Å². The van der Waals surface area contributed by atoms with Gasteiger partial charge < -0.3 is 33.0 Å². The van der Waals surface area contributed by atoms with Crippen molar-refractivity contribution in [2.24, 2.45) is 5.11 Å². The molecule has 0 N–H and O–H groups in total. The first-order valence-corrected chi connectivity index (χ1v) is 26.1. The molecule has 0 unspecified atom stereocenters. The van der Waals surface area contributed by atoms with Gasteiger partial charge in [-0.1, -0.05) is 151 Å². The zero-order valence-corrected chi connectivity index (χ0v) is 41.7. The molecule has 73 heavy (non-hydrogen) atoms. The normalized spacial score (nSPS) is 17.1. The number of azide groups is 1. The first kappa shape index (κ1) is 50.9. The molecular formula is C58H60N6O8S. The number of unbranched alkanes of at least 4 members (excludes halogenated alkanes) is 2. The number of hydrogen-bond donors (Lipinski definition) is 0. The van der Waals surface area contributed by atoms with Gasteiger partial charge in [0.1, 0.15) is 23.5 Å². The number of aromatic nitrogens is 3. The number of rotatable bonds is 25. The molecule has 1 aliphatic heterocycles. The van der Waals surface area contributed by atoms with Crippen molar-refractivity contribution in [2.75, 3.05) is 33.5 Å². The molecule has 3 heterocycles. The van der Waals surface area contributed by atoms with Crippen molar-refractivity contribution in [3.63, 3.8) is 0 Å². The van der Waals surface area contributed by atoms with Crippen LogP contribution in [0.15, 0.2) is 199 Å². The maximum atomic E-state index is 14.0. The summed E-state index contributed by atoms with van der Waals surface area (Å²) in [7, 11) is -2.21. The summed E-state index contributed by atoms with van der Waals surface area (Å²) in [6.45, 7) is 1.89. The molecule has 8 aromatic rings. The van der Waals surface area contributed by atoms with Gasteiger partial charge in [0.05, 0.1) is 62.1 Å². The molecule has 14 nitrogen and oxygen atoms in total. The summed E-state index contributed by atoms with van der Waals surface area (Å²) in [4.78, 5) is 8.03. The third kappa shape index (κ3) is 11.9. The Hall–Kier alpha value is -7.07. The van der Waals surface area contributed by atoms with E-state index < -0.39 is 40.2 Å². The van der Waals surface area contributed by atoms with E-state index in [4.69, 9.17) is 38.9 Å². The van der Waals surface area contributed by atoms with Crippen LogP contribution in [0.5, 0.6) is 5.75 Å². The molecule has 0 aliphatic carbocycles. The number of benzene rings is 6. The smallest absolute Gasteiger partial charge is 0.268 e. The Morgan fingerprint density at radius 1 is 0.712 bits per heavy atom. The molecule has 4 atom stereocenters. The Morgan fingerprint density at radius 2 is 1.36 bits per heavy atom. The lowest BCUT2D eigenvalue weighted by molar-refractivity contribution is -0.289. The molecule has 2 aromatic heterocycles. The maximum Gasteiger partial charge on any atom is 0.268 e. The fourth-order valence-electron chi connectivity index (χ4n) is 9.60. The van der Waals surface area contributed by atoms with Crippen LogP contribution in [-0.4, -0.2) is 80.0 Å². The first-order valence-electron chi connectivity index (χ1n) is 24.7. The molecule has 0 saturated carbocycles. The molecule has 0 amide bonds. The monoisotopic (exact) mass is 1000 g/mol. The summed E-state index contributed by atoms with van der Waals surface area (Å²) in [6.07, 6.45) is 6.47. The second-order valence-electron chi connectivity index (χ2n) is 17.9. The summed E-state index contributed by atoms with van der Waals surface area (Å²) in [5, 5.41) is 4.46. The van der Waals surface area contributed by atoms with Crippen LogP contribution in [0.25, 0.3) is 21.3 Å². The van der Waals surface area contributed by atoms with Gasteiger partial charge in [0.2, 0.25) is 0 Å². The molecule has 1 fully saturated rings. The number of ether oxygens (including phenoxy) is 6. The second kappa shape index (κ2) is 24.6. The number of para-hydroxylation sites is 1. The summed E-state index contributed by atoms with van der Waals surface area (Å²) in [5.41, 5.74) is 14.1. The molecule has 15 heteroatoms. The van der Waals surface area contributed by atoms with Crippen molar-refractivity contribution >= 4 is 20.9 Å². The van der Waals surface area contributed by atoms with Crippen molar-refractivity contribution in [1.29, 1.82) is 0 Å². The van der Waals surface area contributed by atoms with E-state index >= 15 is 0 Å². The lowest BCUT2D eigenvalue weighted by Crippen LogP contribution is -2.52. The largest absolute Gasteiger partial charge is 0.497 e. The Bertz CT molecular complexity index is 3090. The highest BCUT2D eigenvalue weighted by Gasteiger charge is 2.42. The molecule has 0 bridgehead atoms. The Labute approximate surface area is 426 Å². The lowest BCUT2D eigenvalue weighted by Gasteiger charge is -2.40. The minimum Gasteiger partial charge on any atom is -0.497 e. The third-order valence-corrected chi connectivity index (χ3v) is 15.0. The SMILES string of the molecule is COc1ccc(C(c2ccccc2)(c2ccccc2)n2cnc(CO[C@@H]3C[C@H](OCc4ccccc4)[C@@H](COCCCCCN=[N+]=[N-])O[C@H]3OCCc3cn(S(=O)(=O)c4ccccc4)c4ccccc34)c2)cc1. The van der Waals surface area contributed by atoms with Gasteiger partial charge in [0.25, 0.3) is 10.0 Å². The molecule has 376 valence electrons. The number of fused-ring (bicyclic) bond motifs is 1. The number of hydrogen-bond acceptors (Lipinski definition) is 10. The quantitative estimate of drug-likeness (QED) is 0.0178. The molecule has 1 aliphatic rings. The van der Waals surface area contributed by atoms with E-state index in [0.717, 1.165) is 58.2 Å². The molecule has 6 aromatic carbocycles.